The van der Waals surface area contributed by atoms with Crippen LogP contribution in [0.3, 0.4) is 0 Å². The van der Waals surface area contributed by atoms with E-state index in [1.165, 1.54) is 5.56 Å². The molecule has 0 aliphatic rings. The van der Waals surface area contributed by atoms with Crippen LogP contribution in [0.1, 0.15) is 18.9 Å². The molecule has 90 valence electrons. The first-order valence-electron chi connectivity index (χ1n) is 5.88. The maximum absolute atomic E-state index is 5.56. The lowest BCUT2D eigenvalue weighted by Gasteiger charge is -2.10. The van der Waals surface area contributed by atoms with Crippen LogP contribution in [0.2, 0.25) is 0 Å². The average molecular weight is 222 g/mol. The molecule has 3 nitrogen and oxygen atoms in total. The average Bonchev–Trinajstić information content (AvgIpc) is 2.34. The molecular formula is C13H22N2O. The van der Waals surface area contributed by atoms with Crippen LogP contribution < -0.4 is 11.1 Å². The lowest BCUT2D eigenvalue weighted by molar-refractivity contribution is 0.118. The van der Waals surface area contributed by atoms with Crippen molar-refractivity contribution in [3.05, 3.63) is 35.9 Å². The van der Waals surface area contributed by atoms with Crippen LogP contribution in [0.25, 0.3) is 0 Å². The van der Waals surface area contributed by atoms with Crippen molar-refractivity contribution >= 4 is 0 Å². The SMILES string of the molecule is CC(CN)NCCCOCc1ccccc1. The summed E-state index contributed by atoms with van der Waals surface area (Å²) < 4.78 is 5.56. The summed E-state index contributed by atoms with van der Waals surface area (Å²) in [5, 5.41) is 3.33. The summed E-state index contributed by atoms with van der Waals surface area (Å²) >= 11 is 0. The lowest BCUT2D eigenvalue weighted by Crippen LogP contribution is -2.34. The minimum absolute atomic E-state index is 0.397. The number of hydrogen-bond donors (Lipinski definition) is 2. The highest BCUT2D eigenvalue weighted by molar-refractivity contribution is 5.13. The van der Waals surface area contributed by atoms with E-state index in [1.807, 2.05) is 18.2 Å². The predicted octanol–water partition coefficient (Wildman–Crippen LogP) is 1.53. The van der Waals surface area contributed by atoms with Gasteiger partial charge in [-0.15, -0.1) is 0 Å². The Morgan fingerprint density at radius 3 is 2.75 bits per heavy atom. The molecule has 0 saturated heterocycles. The van der Waals surface area contributed by atoms with Gasteiger partial charge in [0.15, 0.2) is 0 Å². The first-order valence-corrected chi connectivity index (χ1v) is 5.88. The van der Waals surface area contributed by atoms with Gasteiger partial charge in [-0.3, -0.25) is 0 Å². The van der Waals surface area contributed by atoms with Crippen LogP contribution >= 0.6 is 0 Å². The van der Waals surface area contributed by atoms with Crippen LogP contribution in [-0.4, -0.2) is 25.7 Å². The molecule has 0 spiro atoms. The van der Waals surface area contributed by atoms with Gasteiger partial charge in [0.1, 0.15) is 0 Å². The Kier molecular flexibility index (Phi) is 6.81. The summed E-state index contributed by atoms with van der Waals surface area (Å²) in [5.74, 6) is 0. The summed E-state index contributed by atoms with van der Waals surface area (Å²) in [6.45, 7) is 5.23. The van der Waals surface area contributed by atoms with Gasteiger partial charge in [0, 0.05) is 19.2 Å². The fourth-order valence-electron chi connectivity index (χ4n) is 1.37. The van der Waals surface area contributed by atoms with Gasteiger partial charge in [-0.05, 0) is 25.5 Å². The Hall–Kier alpha value is -0.900. The standard InChI is InChI=1S/C13H22N2O/c1-12(10-14)15-8-5-9-16-11-13-6-3-2-4-7-13/h2-4,6-7,12,15H,5,8-11,14H2,1H3. The van der Waals surface area contributed by atoms with Crippen LogP contribution in [0.5, 0.6) is 0 Å². The highest BCUT2D eigenvalue weighted by Gasteiger charge is 1.96. The molecule has 16 heavy (non-hydrogen) atoms. The zero-order valence-electron chi connectivity index (χ0n) is 9.99. The number of hydrogen-bond acceptors (Lipinski definition) is 3. The van der Waals surface area contributed by atoms with E-state index in [-0.39, 0.29) is 0 Å². The molecule has 0 fully saturated rings. The van der Waals surface area contributed by atoms with Crippen molar-refractivity contribution in [3.63, 3.8) is 0 Å². The van der Waals surface area contributed by atoms with Crippen molar-refractivity contribution in [2.24, 2.45) is 5.73 Å². The van der Waals surface area contributed by atoms with Crippen molar-refractivity contribution in [2.75, 3.05) is 19.7 Å². The lowest BCUT2D eigenvalue weighted by atomic mass is 10.2. The zero-order chi connectivity index (χ0) is 11.6. The summed E-state index contributed by atoms with van der Waals surface area (Å²) in [6, 6.07) is 10.6. The van der Waals surface area contributed by atoms with Crippen molar-refractivity contribution < 1.29 is 4.74 Å². The number of nitrogens with one attached hydrogen (secondary N) is 1. The molecule has 0 amide bonds. The Balaban J connectivity index is 1.96. The van der Waals surface area contributed by atoms with E-state index in [2.05, 4.69) is 24.4 Å². The smallest absolute Gasteiger partial charge is 0.0716 e. The van der Waals surface area contributed by atoms with Gasteiger partial charge < -0.3 is 15.8 Å². The molecule has 1 unspecified atom stereocenters. The Morgan fingerprint density at radius 2 is 2.06 bits per heavy atom. The fraction of sp³-hybridized carbons (Fsp3) is 0.538. The molecule has 1 rings (SSSR count). The molecule has 0 bridgehead atoms. The Morgan fingerprint density at radius 1 is 1.31 bits per heavy atom. The monoisotopic (exact) mass is 222 g/mol. The molecule has 0 saturated carbocycles. The third kappa shape index (κ3) is 5.85. The molecule has 0 radical (unpaired) electrons. The van der Waals surface area contributed by atoms with Crippen molar-refractivity contribution in [1.29, 1.82) is 0 Å². The van der Waals surface area contributed by atoms with Crippen LogP contribution in [0.4, 0.5) is 0 Å². The molecule has 3 heteroatoms. The molecule has 0 heterocycles. The van der Waals surface area contributed by atoms with E-state index in [1.54, 1.807) is 0 Å². The third-order valence-corrected chi connectivity index (χ3v) is 2.42. The molecule has 0 aliphatic carbocycles. The topological polar surface area (TPSA) is 47.3 Å². The van der Waals surface area contributed by atoms with Crippen molar-refractivity contribution in [1.82, 2.24) is 5.32 Å². The number of ether oxygens (including phenoxy) is 1. The van der Waals surface area contributed by atoms with Crippen LogP contribution in [0.15, 0.2) is 30.3 Å². The Labute approximate surface area is 98.0 Å². The molecule has 0 aromatic heterocycles. The maximum atomic E-state index is 5.56. The van der Waals surface area contributed by atoms with Gasteiger partial charge in [0.25, 0.3) is 0 Å². The van der Waals surface area contributed by atoms with Gasteiger partial charge in [-0.1, -0.05) is 30.3 Å². The quantitative estimate of drug-likeness (QED) is 0.656. The first-order chi connectivity index (χ1) is 7.83. The molecule has 0 aliphatic heterocycles. The fourth-order valence-corrected chi connectivity index (χ4v) is 1.37. The Bertz CT molecular complexity index is 264. The summed E-state index contributed by atoms with van der Waals surface area (Å²) in [4.78, 5) is 0. The number of rotatable bonds is 8. The maximum Gasteiger partial charge on any atom is 0.0716 e. The van der Waals surface area contributed by atoms with Crippen molar-refractivity contribution in [2.45, 2.75) is 26.0 Å². The van der Waals surface area contributed by atoms with Gasteiger partial charge >= 0.3 is 0 Å². The van der Waals surface area contributed by atoms with E-state index in [4.69, 9.17) is 10.5 Å². The highest BCUT2D eigenvalue weighted by Crippen LogP contribution is 2.00. The second-order valence-corrected chi connectivity index (χ2v) is 3.98. The van der Waals surface area contributed by atoms with Crippen LogP contribution in [0, 0.1) is 0 Å². The highest BCUT2D eigenvalue weighted by atomic mass is 16.5. The molecule has 1 aromatic rings. The minimum Gasteiger partial charge on any atom is -0.377 e. The minimum atomic E-state index is 0.397. The van der Waals surface area contributed by atoms with Gasteiger partial charge in [0.2, 0.25) is 0 Å². The van der Waals surface area contributed by atoms with E-state index in [0.29, 0.717) is 19.2 Å². The van der Waals surface area contributed by atoms with Gasteiger partial charge in [0.05, 0.1) is 6.61 Å². The molecule has 3 N–H and O–H groups in total. The second kappa shape index (κ2) is 8.28. The zero-order valence-corrected chi connectivity index (χ0v) is 9.99. The second-order valence-electron chi connectivity index (χ2n) is 3.98. The summed E-state index contributed by atoms with van der Waals surface area (Å²) in [7, 11) is 0. The van der Waals surface area contributed by atoms with E-state index in [9.17, 15) is 0 Å². The van der Waals surface area contributed by atoms with E-state index < -0.39 is 0 Å². The van der Waals surface area contributed by atoms with Crippen molar-refractivity contribution in [3.8, 4) is 0 Å². The molecule has 1 atom stereocenters. The number of nitrogens with two attached hydrogens (primary N) is 1. The summed E-state index contributed by atoms with van der Waals surface area (Å²) in [6.07, 6.45) is 1.02. The first kappa shape index (κ1) is 13.2. The largest absolute Gasteiger partial charge is 0.377 e. The van der Waals surface area contributed by atoms with E-state index in [0.717, 1.165) is 19.6 Å². The normalized spacial score (nSPS) is 12.6. The summed E-state index contributed by atoms with van der Waals surface area (Å²) in [5.41, 5.74) is 6.72. The molecule has 1 aromatic carbocycles. The van der Waals surface area contributed by atoms with E-state index >= 15 is 0 Å². The van der Waals surface area contributed by atoms with Crippen LogP contribution in [-0.2, 0) is 11.3 Å². The number of benzene rings is 1. The van der Waals surface area contributed by atoms with Gasteiger partial charge in [-0.25, -0.2) is 0 Å². The third-order valence-electron chi connectivity index (χ3n) is 2.42. The van der Waals surface area contributed by atoms with Gasteiger partial charge in [-0.2, -0.15) is 0 Å². The predicted molar refractivity (Wildman–Crippen MR) is 67.2 cm³/mol. The molecular weight excluding hydrogens is 200 g/mol.